The molecule has 1 fully saturated rings. The summed E-state index contributed by atoms with van der Waals surface area (Å²) in [5, 5.41) is 0.578. The molecular formula is C21H23N3O2S. The number of carbonyl (C=O) groups is 1. The zero-order valence-electron chi connectivity index (χ0n) is 15.6. The monoisotopic (exact) mass is 381 g/mol. The maximum atomic E-state index is 12.9. The second-order valence-electron chi connectivity index (χ2n) is 7.62. The molecule has 5 nitrogen and oxygen atoms in total. The lowest BCUT2D eigenvalue weighted by Crippen LogP contribution is -2.44. The molecule has 0 saturated carbocycles. The summed E-state index contributed by atoms with van der Waals surface area (Å²) in [4.78, 5) is 33.6. The number of amides is 1. The van der Waals surface area contributed by atoms with Gasteiger partial charge in [0.15, 0.2) is 0 Å². The Morgan fingerprint density at radius 2 is 1.89 bits per heavy atom. The van der Waals surface area contributed by atoms with E-state index in [1.165, 1.54) is 22.2 Å². The molecule has 1 saturated heterocycles. The van der Waals surface area contributed by atoms with Crippen LogP contribution in [0, 0.1) is 11.8 Å². The number of fused-ring (bicyclic) bond motifs is 1. The van der Waals surface area contributed by atoms with E-state index in [-0.39, 0.29) is 18.0 Å². The third-order valence-corrected chi connectivity index (χ3v) is 6.20. The van der Waals surface area contributed by atoms with Gasteiger partial charge in [0.1, 0.15) is 11.4 Å². The first-order valence-electron chi connectivity index (χ1n) is 9.33. The SMILES string of the molecule is C[C@@H]1C[C@@H](C)CN(C(=O)Cn2cnc3sc(-c4ccccc4)cc3c2=O)C1. The van der Waals surface area contributed by atoms with Crippen molar-refractivity contribution in [3.63, 3.8) is 0 Å². The van der Waals surface area contributed by atoms with Gasteiger partial charge in [0, 0.05) is 18.0 Å². The summed E-state index contributed by atoms with van der Waals surface area (Å²) in [6, 6.07) is 11.8. The quantitative estimate of drug-likeness (QED) is 0.696. The molecule has 0 bridgehead atoms. The molecule has 0 radical (unpaired) electrons. The number of hydrogen-bond acceptors (Lipinski definition) is 4. The molecule has 4 rings (SSSR count). The summed E-state index contributed by atoms with van der Waals surface area (Å²) < 4.78 is 1.44. The molecule has 3 aromatic rings. The Kier molecular flexibility index (Phi) is 4.83. The Morgan fingerprint density at radius 3 is 2.59 bits per heavy atom. The van der Waals surface area contributed by atoms with Crippen LogP contribution in [0.25, 0.3) is 20.7 Å². The fraction of sp³-hybridized carbons (Fsp3) is 0.381. The lowest BCUT2D eigenvalue weighted by molar-refractivity contribution is -0.134. The van der Waals surface area contributed by atoms with Crippen molar-refractivity contribution in [1.29, 1.82) is 0 Å². The predicted molar refractivity (Wildman–Crippen MR) is 109 cm³/mol. The molecule has 1 amide bonds. The molecule has 1 aliphatic rings. The van der Waals surface area contributed by atoms with Gasteiger partial charge >= 0.3 is 0 Å². The van der Waals surface area contributed by atoms with Gasteiger partial charge in [-0.2, -0.15) is 0 Å². The molecule has 6 heteroatoms. The van der Waals surface area contributed by atoms with Gasteiger partial charge in [0.05, 0.1) is 11.7 Å². The van der Waals surface area contributed by atoms with Crippen LogP contribution in [0.4, 0.5) is 0 Å². The van der Waals surface area contributed by atoms with E-state index in [1.807, 2.05) is 41.3 Å². The number of piperidine rings is 1. The molecule has 0 aliphatic carbocycles. The van der Waals surface area contributed by atoms with Gasteiger partial charge in [-0.25, -0.2) is 4.98 Å². The molecule has 0 spiro atoms. The van der Waals surface area contributed by atoms with Gasteiger partial charge in [-0.05, 0) is 29.9 Å². The van der Waals surface area contributed by atoms with Crippen molar-refractivity contribution in [3.8, 4) is 10.4 Å². The van der Waals surface area contributed by atoms with Crippen LogP contribution in [-0.2, 0) is 11.3 Å². The van der Waals surface area contributed by atoms with Gasteiger partial charge in [0.25, 0.3) is 5.56 Å². The highest BCUT2D eigenvalue weighted by Gasteiger charge is 2.25. The number of benzene rings is 1. The van der Waals surface area contributed by atoms with Gasteiger partial charge in [0.2, 0.25) is 5.91 Å². The van der Waals surface area contributed by atoms with Crippen molar-refractivity contribution in [2.45, 2.75) is 26.8 Å². The number of hydrogen-bond donors (Lipinski definition) is 0. The topological polar surface area (TPSA) is 55.2 Å². The van der Waals surface area contributed by atoms with Gasteiger partial charge in [-0.1, -0.05) is 44.2 Å². The predicted octanol–water partition coefficient (Wildman–Crippen LogP) is 3.63. The third-order valence-electron chi connectivity index (χ3n) is 5.10. The minimum Gasteiger partial charge on any atom is -0.341 e. The molecule has 140 valence electrons. The summed E-state index contributed by atoms with van der Waals surface area (Å²) in [7, 11) is 0. The van der Waals surface area contributed by atoms with Gasteiger partial charge in [-0.3, -0.25) is 14.2 Å². The Bertz CT molecular complexity index is 1010. The summed E-state index contributed by atoms with van der Waals surface area (Å²) in [5.74, 6) is 0.996. The Labute approximate surface area is 162 Å². The fourth-order valence-electron chi connectivity index (χ4n) is 3.93. The minimum atomic E-state index is -0.148. The molecule has 1 aliphatic heterocycles. The first-order valence-corrected chi connectivity index (χ1v) is 10.1. The fourth-order valence-corrected chi connectivity index (χ4v) is 4.92. The number of thiophene rings is 1. The Hall–Kier alpha value is -2.47. The summed E-state index contributed by atoms with van der Waals surface area (Å²) >= 11 is 1.50. The lowest BCUT2D eigenvalue weighted by Gasteiger charge is -2.35. The van der Waals surface area contributed by atoms with Crippen molar-refractivity contribution < 1.29 is 4.79 Å². The zero-order valence-corrected chi connectivity index (χ0v) is 16.4. The molecule has 2 aromatic heterocycles. The molecule has 27 heavy (non-hydrogen) atoms. The number of carbonyl (C=O) groups excluding carboxylic acids is 1. The van der Waals surface area contributed by atoms with Crippen LogP contribution in [-0.4, -0.2) is 33.4 Å². The Morgan fingerprint density at radius 1 is 1.19 bits per heavy atom. The largest absolute Gasteiger partial charge is 0.341 e. The number of likely N-dealkylation sites (tertiary alicyclic amines) is 1. The first-order chi connectivity index (χ1) is 13.0. The third kappa shape index (κ3) is 3.67. The van der Waals surface area contributed by atoms with E-state index in [0.717, 1.165) is 30.0 Å². The molecule has 2 atom stereocenters. The standard InChI is InChI=1S/C21H23N3O2S/c1-14-8-15(2)11-23(10-14)19(25)12-24-13-22-20-17(21(24)26)9-18(27-20)16-6-4-3-5-7-16/h3-7,9,13-15H,8,10-12H2,1-2H3/t14-,15-/m1/s1. The number of nitrogens with zero attached hydrogens (tertiary/aromatic N) is 3. The highest BCUT2D eigenvalue weighted by atomic mass is 32.1. The van der Waals surface area contributed by atoms with Crippen LogP contribution >= 0.6 is 11.3 Å². The average Bonchev–Trinajstić information content (AvgIpc) is 3.09. The van der Waals surface area contributed by atoms with E-state index in [4.69, 9.17) is 0 Å². The smallest absolute Gasteiger partial charge is 0.262 e. The molecule has 0 N–H and O–H groups in total. The summed E-state index contributed by atoms with van der Waals surface area (Å²) in [6.45, 7) is 5.94. The molecule has 3 heterocycles. The highest BCUT2D eigenvalue weighted by Crippen LogP contribution is 2.30. The zero-order chi connectivity index (χ0) is 19.0. The molecule has 1 aromatic carbocycles. The average molecular weight is 382 g/mol. The van der Waals surface area contributed by atoms with Gasteiger partial charge in [-0.15, -0.1) is 11.3 Å². The molecule has 0 unspecified atom stereocenters. The van der Waals surface area contributed by atoms with E-state index in [1.54, 1.807) is 0 Å². The first kappa shape index (κ1) is 17.9. The van der Waals surface area contributed by atoms with Crippen molar-refractivity contribution in [1.82, 2.24) is 14.5 Å². The van der Waals surface area contributed by atoms with Gasteiger partial charge < -0.3 is 4.90 Å². The van der Waals surface area contributed by atoms with Crippen molar-refractivity contribution in [3.05, 3.63) is 53.1 Å². The van der Waals surface area contributed by atoms with Crippen LogP contribution in [0.15, 0.2) is 47.5 Å². The van der Waals surface area contributed by atoms with E-state index >= 15 is 0 Å². The van der Waals surface area contributed by atoms with Crippen molar-refractivity contribution in [2.75, 3.05) is 13.1 Å². The van der Waals surface area contributed by atoms with Crippen molar-refractivity contribution >= 4 is 27.5 Å². The van der Waals surface area contributed by atoms with E-state index in [0.29, 0.717) is 22.1 Å². The van der Waals surface area contributed by atoms with Crippen LogP contribution in [0.2, 0.25) is 0 Å². The van der Waals surface area contributed by atoms with E-state index in [2.05, 4.69) is 18.8 Å². The maximum absolute atomic E-state index is 12.9. The van der Waals surface area contributed by atoms with Crippen LogP contribution in [0.1, 0.15) is 20.3 Å². The molecular weight excluding hydrogens is 358 g/mol. The highest BCUT2D eigenvalue weighted by molar-refractivity contribution is 7.21. The van der Waals surface area contributed by atoms with Crippen LogP contribution in [0.3, 0.4) is 0 Å². The van der Waals surface area contributed by atoms with Crippen LogP contribution in [0.5, 0.6) is 0 Å². The maximum Gasteiger partial charge on any atom is 0.262 e. The summed E-state index contributed by atoms with van der Waals surface area (Å²) in [6.07, 6.45) is 2.65. The second kappa shape index (κ2) is 7.27. The van der Waals surface area contributed by atoms with E-state index in [9.17, 15) is 9.59 Å². The van der Waals surface area contributed by atoms with E-state index < -0.39 is 0 Å². The normalized spacial score (nSPS) is 20.1. The second-order valence-corrected chi connectivity index (χ2v) is 8.65. The lowest BCUT2D eigenvalue weighted by atomic mass is 9.92. The number of aromatic nitrogens is 2. The Balaban J connectivity index is 1.60. The minimum absolute atomic E-state index is 0.00448. The summed E-state index contributed by atoms with van der Waals surface area (Å²) in [5.41, 5.74) is 0.920. The van der Waals surface area contributed by atoms with Crippen LogP contribution < -0.4 is 5.56 Å². The van der Waals surface area contributed by atoms with Crippen molar-refractivity contribution in [2.24, 2.45) is 11.8 Å². The number of rotatable bonds is 3.